The van der Waals surface area contributed by atoms with Gasteiger partial charge in [-0.05, 0) is 37.0 Å². The molecule has 2 heterocycles. The van der Waals surface area contributed by atoms with Gasteiger partial charge in [-0.1, -0.05) is 23.9 Å². The van der Waals surface area contributed by atoms with Crippen LogP contribution in [0.1, 0.15) is 17.5 Å². The Labute approximate surface area is 185 Å². The summed E-state index contributed by atoms with van der Waals surface area (Å²) in [5, 5.41) is 10.1. The van der Waals surface area contributed by atoms with Gasteiger partial charge in [-0.2, -0.15) is 0 Å². The first kappa shape index (κ1) is 22.0. The number of H-pyrrole nitrogens is 1. The first-order chi connectivity index (χ1) is 12.8. The molecule has 0 aliphatic rings. The van der Waals surface area contributed by atoms with Crippen molar-refractivity contribution in [1.82, 2.24) is 20.6 Å². The molecule has 3 N–H and O–H groups in total. The van der Waals surface area contributed by atoms with Gasteiger partial charge in [-0.15, -0.1) is 35.3 Å². The zero-order valence-corrected chi connectivity index (χ0v) is 19.6. The number of hydrogen-bond donors (Lipinski definition) is 3. The maximum Gasteiger partial charge on any atom is 0.190 e. The van der Waals surface area contributed by atoms with E-state index < -0.39 is 0 Å². The summed E-state index contributed by atoms with van der Waals surface area (Å²) in [4.78, 5) is 11.9. The van der Waals surface area contributed by atoms with Gasteiger partial charge in [0.2, 0.25) is 0 Å². The van der Waals surface area contributed by atoms with E-state index in [4.69, 9.17) is 0 Å². The SMILES string of the molecule is CN=C(NCCCSc1nccs1)NCCc1c[nH]c2cccc(C)c12.I. The number of benzene rings is 1. The monoisotopic (exact) mass is 515 g/mol. The number of halogens is 1. The van der Waals surface area contributed by atoms with E-state index >= 15 is 0 Å². The summed E-state index contributed by atoms with van der Waals surface area (Å²) in [6.07, 6.45) is 6.01. The van der Waals surface area contributed by atoms with Crippen molar-refractivity contribution in [1.29, 1.82) is 0 Å². The molecule has 2 aromatic heterocycles. The molecular formula is C19H26IN5S2. The van der Waals surface area contributed by atoms with Crippen molar-refractivity contribution in [3.63, 3.8) is 0 Å². The average Bonchev–Trinajstić information content (AvgIpc) is 3.30. The van der Waals surface area contributed by atoms with Crippen molar-refractivity contribution in [2.24, 2.45) is 4.99 Å². The van der Waals surface area contributed by atoms with Crippen molar-refractivity contribution in [2.75, 3.05) is 25.9 Å². The second-order valence-corrected chi connectivity index (χ2v) is 8.22. The summed E-state index contributed by atoms with van der Waals surface area (Å²) < 4.78 is 1.14. The van der Waals surface area contributed by atoms with Crippen LogP contribution in [-0.2, 0) is 6.42 Å². The Balaban J connectivity index is 0.00000261. The Morgan fingerprint density at radius 1 is 1.30 bits per heavy atom. The van der Waals surface area contributed by atoms with E-state index in [-0.39, 0.29) is 24.0 Å². The van der Waals surface area contributed by atoms with Crippen LogP contribution in [0.2, 0.25) is 0 Å². The van der Waals surface area contributed by atoms with E-state index in [1.807, 2.05) is 30.4 Å². The minimum absolute atomic E-state index is 0. The molecule has 27 heavy (non-hydrogen) atoms. The van der Waals surface area contributed by atoms with Gasteiger partial charge in [0, 0.05) is 54.6 Å². The molecule has 0 saturated heterocycles. The second-order valence-electron chi connectivity index (χ2n) is 5.99. The van der Waals surface area contributed by atoms with Crippen molar-refractivity contribution >= 4 is 63.9 Å². The lowest BCUT2D eigenvalue weighted by molar-refractivity contribution is 0.778. The third-order valence-corrected chi connectivity index (χ3v) is 6.21. The third kappa shape index (κ3) is 6.39. The first-order valence-electron chi connectivity index (χ1n) is 8.80. The molecule has 146 valence electrons. The maximum atomic E-state index is 4.30. The quantitative estimate of drug-likeness (QED) is 0.137. The number of guanidine groups is 1. The number of thiazole rings is 1. The van der Waals surface area contributed by atoms with Crippen molar-refractivity contribution in [3.8, 4) is 0 Å². The summed E-state index contributed by atoms with van der Waals surface area (Å²) in [6, 6.07) is 6.38. The van der Waals surface area contributed by atoms with Gasteiger partial charge in [0.1, 0.15) is 4.34 Å². The Morgan fingerprint density at radius 2 is 2.15 bits per heavy atom. The zero-order valence-electron chi connectivity index (χ0n) is 15.6. The van der Waals surface area contributed by atoms with E-state index in [0.717, 1.165) is 42.0 Å². The summed E-state index contributed by atoms with van der Waals surface area (Å²) in [7, 11) is 1.81. The number of aryl methyl sites for hydroxylation is 1. The maximum absolute atomic E-state index is 4.30. The Morgan fingerprint density at radius 3 is 2.93 bits per heavy atom. The lowest BCUT2D eigenvalue weighted by atomic mass is 10.1. The molecule has 0 fully saturated rings. The van der Waals surface area contributed by atoms with Crippen LogP contribution >= 0.6 is 47.1 Å². The van der Waals surface area contributed by atoms with Crippen LogP contribution < -0.4 is 10.6 Å². The minimum atomic E-state index is 0. The van der Waals surface area contributed by atoms with Crippen LogP contribution in [0.3, 0.4) is 0 Å². The molecule has 0 amide bonds. The highest BCUT2D eigenvalue weighted by Gasteiger charge is 2.06. The molecule has 0 bridgehead atoms. The third-order valence-electron chi connectivity index (χ3n) is 4.15. The first-order valence-corrected chi connectivity index (χ1v) is 10.7. The number of aromatic nitrogens is 2. The molecule has 5 nitrogen and oxygen atoms in total. The largest absolute Gasteiger partial charge is 0.361 e. The van der Waals surface area contributed by atoms with E-state index in [0.29, 0.717) is 0 Å². The number of aliphatic imine (C=N–C) groups is 1. The molecule has 0 unspecified atom stereocenters. The topological polar surface area (TPSA) is 65.1 Å². The summed E-state index contributed by atoms with van der Waals surface area (Å²) in [5.74, 6) is 1.92. The van der Waals surface area contributed by atoms with Gasteiger partial charge in [-0.25, -0.2) is 4.98 Å². The fraction of sp³-hybridized carbons (Fsp3) is 0.368. The van der Waals surface area contributed by atoms with E-state index in [9.17, 15) is 0 Å². The molecule has 3 aromatic rings. The van der Waals surface area contributed by atoms with Gasteiger partial charge in [-0.3, -0.25) is 4.99 Å². The molecule has 8 heteroatoms. The molecule has 0 aliphatic carbocycles. The molecule has 1 aromatic carbocycles. The van der Waals surface area contributed by atoms with Crippen molar-refractivity contribution in [3.05, 3.63) is 47.1 Å². The normalized spacial score (nSPS) is 11.4. The van der Waals surface area contributed by atoms with Gasteiger partial charge >= 0.3 is 0 Å². The average molecular weight is 515 g/mol. The number of nitrogens with zero attached hydrogens (tertiary/aromatic N) is 2. The fourth-order valence-corrected chi connectivity index (χ4v) is 4.55. The molecular weight excluding hydrogens is 489 g/mol. The molecule has 3 rings (SSSR count). The van der Waals surface area contributed by atoms with Gasteiger partial charge < -0.3 is 15.6 Å². The Hall–Kier alpha value is -1.26. The summed E-state index contributed by atoms with van der Waals surface area (Å²) in [5.41, 5.74) is 3.88. The van der Waals surface area contributed by atoms with Gasteiger partial charge in [0.05, 0.1) is 0 Å². The number of nitrogens with one attached hydrogen (secondary N) is 3. The summed E-state index contributed by atoms with van der Waals surface area (Å²) in [6.45, 7) is 3.93. The number of rotatable bonds is 8. The lowest BCUT2D eigenvalue weighted by Gasteiger charge is -2.11. The van der Waals surface area contributed by atoms with Crippen LogP contribution in [-0.4, -0.2) is 41.8 Å². The Bertz CT molecular complexity index is 845. The standard InChI is InChI=1S/C19H25N5S2.HI/c1-14-5-3-6-16-17(14)15(13-24-16)7-9-22-18(20-2)21-8-4-11-25-19-23-10-12-26-19;/h3,5-6,10,12-13,24H,4,7-9,11H2,1-2H3,(H2,20,21,22);1H. The fourth-order valence-electron chi connectivity index (χ4n) is 2.90. The number of hydrogen-bond acceptors (Lipinski definition) is 4. The minimum Gasteiger partial charge on any atom is -0.361 e. The Kier molecular flexibility index (Phi) is 9.43. The van der Waals surface area contributed by atoms with E-state index in [2.05, 4.69) is 56.9 Å². The van der Waals surface area contributed by atoms with E-state index in [1.54, 1.807) is 11.3 Å². The number of fused-ring (bicyclic) bond motifs is 1. The highest BCUT2D eigenvalue weighted by Crippen LogP contribution is 2.22. The molecule has 0 spiro atoms. The van der Waals surface area contributed by atoms with Crippen LogP contribution in [0.25, 0.3) is 10.9 Å². The number of aromatic amines is 1. The van der Waals surface area contributed by atoms with Gasteiger partial charge in [0.25, 0.3) is 0 Å². The van der Waals surface area contributed by atoms with Crippen LogP contribution in [0, 0.1) is 6.92 Å². The molecule has 0 atom stereocenters. The predicted molar refractivity (Wildman–Crippen MR) is 129 cm³/mol. The molecule has 0 aliphatic heterocycles. The van der Waals surface area contributed by atoms with Crippen LogP contribution in [0.15, 0.2) is 45.3 Å². The van der Waals surface area contributed by atoms with Crippen LogP contribution in [0.4, 0.5) is 0 Å². The highest BCUT2D eigenvalue weighted by molar-refractivity contribution is 14.0. The smallest absolute Gasteiger partial charge is 0.190 e. The zero-order chi connectivity index (χ0) is 18.2. The van der Waals surface area contributed by atoms with Crippen LogP contribution in [0.5, 0.6) is 0 Å². The molecule has 0 radical (unpaired) electrons. The second kappa shape index (κ2) is 11.6. The number of thioether (sulfide) groups is 1. The lowest BCUT2D eigenvalue weighted by Crippen LogP contribution is -2.38. The van der Waals surface area contributed by atoms with Gasteiger partial charge in [0.15, 0.2) is 5.96 Å². The molecule has 0 saturated carbocycles. The van der Waals surface area contributed by atoms with E-state index in [1.165, 1.54) is 22.0 Å². The van der Waals surface area contributed by atoms with Crippen molar-refractivity contribution in [2.45, 2.75) is 24.1 Å². The van der Waals surface area contributed by atoms with Crippen molar-refractivity contribution < 1.29 is 0 Å². The predicted octanol–water partition coefficient (Wildman–Crippen LogP) is 4.44. The highest BCUT2D eigenvalue weighted by atomic mass is 127. The summed E-state index contributed by atoms with van der Waals surface area (Å²) >= 11 is 3.50.